The maximum atomic E-state index is 13.3. The highest BCUT2D eigenvalue weighted by Crippen LogP contribution is 2.27. The average molecular weight is 398 g/mol. The van der Waals surface area contributed by atoms with Gasteiger partial charge in [0.15, 0.2) is 0 Å². The van der Waals surface area contributed by atoms with Crippen LogP contribution in [-0.4, -0.2) is 32.6 Å². The van der Waals surface area contributed by atoms with Crippen LogP contribution in [0.15, 0.2) is 83.8 Å². The number of carbonyl (C=O) groups is 1. The molecule has 0 fully saturated rings. The Balaban J connectivity index is 1.71. The molecular weight excluding hydrogens is 376 g/mol. The Morgan fingerprint density at radius 2 is 1.63 bits per heavy atom. The van der Waals surface area contributed by atoms with Crippen LogP contribution in [0.1, 0.15) is 23.0 Å². The van der Waals surface area contributed by atoms with E-state index in [9.17, 15) is 9.59 Å². The lowest BCUT2D eigenvalue weighted by molar-refractivity contribution is -0.130. The predicted molar refractivity (Wildman–Crippen MR) is 116 cm³/mol. The van der Waals surface area contributed by atoms with Crippen molar-refractivity contribution < 1.29 is 4.79 Å². The van der Waals surface area contributed by atoms with Crippen molar-refractivity contribution in [3.05, 3.63) is 106 Å². The number of hydrogen-bond acceptors (Lipinski definition) is 4. The highest BCUT2D eigenvalue weighted by molar-refractivity contribution is 5.88. The molecule has 2 aromatic carbocycles. The third-order valence-corrected chi connectivity index (χ3v) is 5.22. The molecule has 0 bridgehead atoms. The highest BCUT2D eigenvalue weighted by atomic mass is 16.2. The van der Waals surface area contributed by atoms with Gasteiger partial charge in [-0.05, 0) is 23.8 Å². The molecule has 0 saturated heterocycles. The molecule has 150 valence electrons. The number of aromatic nitrogens is 3. The molecule has 6 nitrogen and oxygen atoms in total. The number of fused-ring (bicyclic) bond motifs is 1. The Labute approximate surface area is 174 Å². The second kappa shape index (κ2) is 8.29. The lowest BCUT2D eigenvalue weighted by atomic mass is 10.0. The van der Waals surface area contributed by atoms with Crippen molar-refractivity contribution >= 4 is 16.7 Å². The molecular formula is C24H22N4O2. The number of amides is 1. The predicted octanol–water partition coefficient (Wildman–Crippen LogP) is 3.12. The van der Waals surface area contributed by atoms with Crippen LogP contribution in [0.5, 0.6) is 0 Å². The van der Waals surface area contributed by atoms with Gasteiger partial charge in [0.05, 0.1) is 29.2 Å². The van der Waals surface area contributed by atoms with Crippen molar-refractivity contribution in [1.82, 2.24) is 19.7 Å². The number of pyridine rings is 1. The van der Waals surface area contributed by atoms with Crippen LogP contribution in [0.4, 0.5) is 0 Å². The topological polar surface area (TPSA) is 68.1 Å². The monoisotopic (exact) mass is 398 g/mol. The molecule has 0 aliphatic carbocycles. The molecule has 0 spiro atoms. The molecule has 1 amide bonds. The fourth-order valence-corrected chi connectivity index (χ4v) is 3.68. The molecule has 0 radical (unpaired) electrons. The van der Waals surface area contributed by atoms with Crippen molar-refractivity contribution in [2.24, 2.45) is 7.05 Å². The Morgan fingerprint density at radius 1 is 0.967 bits per heavy atom. The van der Waals surface area contributed by atoms with Gasteiger partial charge in [-0.15, -0.1) is 0 Å². The molecule has 0 aliphatic heterocycles. The first-order valence-corrected chi connectivity index (χ1v) is 9.72. The fourth-order valence-electron chi connectivity index (χ4n) is 3.68. The van der Waals surface area contributed by atoms with Gasteiger partial charge >= 0.3 is 0 Å². The van der Waals surface area contributed by atoms with Crippen LogP contribution in [0.3, 0.4) is 0 Å². The van der Waals surface area contributed by atoms with E-state index in [-0.39, 0.29) is 23.9 Å². The summed E-state index contributed by atoms with van der Waals surface area (Å²) in [7, 11) is 3.38. The van der Waals surface area contributed by atoms with E-state index >= 15 is 0 Å². The average Bonchev–Trinajstić information content (AvgIpc) is 2.79. The standard InChI is InChI=1S/C24H22N4O2/c1-27(23(17-10-4-3-5-11-17)20-14-8-9-15-25-20)22(29)16-21-18-12-6-7-13-19(18)24(30)28(2)26-21/h3-15,23H,16H2,1-2H3. The summed E-state index contributed by atoms with van der Waals surface area (Å²) >= 11 is 0. The Hall–Kier alpha value is -3.80. The number of nitrogens with zero attached hydrogens (tertiary/aromatic N) is 4. The van der Waals surface area contributed by atoms with Gasteiger partial charge < -0.3 is 4.90 Å². The summed E-state index contributed by atoms with van der Waals surface area (Å²) in [6, 6.07) is 22.4. The zero-order valence-corrected chi connectivity index (χ0v) is 16.9. The number of carbonyl (C=O) groups excluding carboxylic acids is 1. The second-order valence-corrected chi connectivity index (χ2v) is 7.17. The zero-order valence-electron chi connectivity index (χ0n) is 16.9. The first-order chi connectivity index (χ1) is 14.6. The lowest BCUT2D eigenvalue weighted by Crippen LogP contribution is -2.34. The van der Waals surface area contributed by atoms with Gasteiger partial charge in [0.2, 0.25) is 5.91 Å². The Morgan fingerprint density at radius 3 is 2.33 bits per heavy atom. The molecule has 0 aliphatic rings. The molecule has 4 rings (SSSR count). The molecule has 1 unspecified atom stereocenters. The number of likely N-dealkylation sites (N-methyl/N-ethyl adjacent to an activating group) is 1. The van der Waals surface area contributed by atoms with Gasteiger partial charge in [0.25, 0.3) is 5.56 Å². The van der Waals surface area contributed by atoms with E-state index in [1.807, 2.05) is 66.7 Å². The van der Waals surface area contributed by atoms with Gasteiger partial charge in [0.1, 0.15) is 0 Å². The highest BCUT2D eigenvalue weighted by Gasteiger charge is 2.25. The van der Waals surface area contributed by atoms with E-state index in [0.717, 1.165) is 11.3 Å². The lowest BCUT2D eigenvalue weighted by Gasteiger charge is -2.28. The normalized spacial score (nSPS) is 11.9. The van der Waals surface area contributed by atoms with E-state index in [2.05, 4.69) is 10.1 Å². The smallest absolute Gasteiger partial charge is 0.274 e. The van der Waals surface area contributed by atoms with Gasteiger partial charge in [-0.1, -0.05) is 54.6 Å². The first kappa shape index (κ1) is 19.5. The summed E-state index contributed by atoms with van der Waals surface area (Å²) in [5.41, 5.74) is 2.17. The van der Waals surface area contributed by atoms with Gasteiger partial charge in [-0.3, -0.25) is 14.6 Å². The molecule has 1 atom stereocenters. The van der Waals surface area contributed by atoms with Crippen molar-refractivity contribution in [2.75, 3.05) is 7.05 Å². The van der Waals surface area contributed by atoms with Crippen LogP contribution in [0.25, 0.3) is 10.8 Å². The minimum Gasteiger partial charge on any atom is -0.333 e. The van der Waals surface area contributed by atoms with Crippen LogP contribution in [-0.2, 0) is 18.3 Å². The summed E-state index contributed by atoms with van der Waals surface area (Å²) in [6.07, 6.45) is 1.81. The Kier molecular flexibility index (Phi) is 5.39. The summed E-state index contributed by atoms with van der Waals surface area (Å²) < 4.78 is 1.29. The maximum absolute atomic E-state index is 13.3. The molecule has 0 saturated carbocycles. The van der Waals surface area contributed by atoms with Crippen LogP contribution in [0.2, 0.25) is 0 Å². The summed E-state index contributed by atoms with van der Waals surface area (Å²) in [5, 5.41) is 5.63. The van der Waals surface area contributed by atoms with Gasteiger partial charge in [0, 0.05) is 25.7 Å². The zero-order chi connectivity index (χ0) is 21.1. The van der Waals surface area contributed by atoms with Crippen molar-refractivity contribution in [3.63, 3.8) is 0 Å². The van der Waals surface area contributed by atoms with Crippen LogP contribution >= 0.6 is 0 Å². The SMILES string of the molecule is CN(C(=O)Cc1nn(C)c(=O)c2ccccc12)C(c1ccccc1)c1ccccn1. The van der Waals surface area contributed by atoms with Crippen molar-refractivity contribution in [1.29, 1.82) is 0 Å². The largest absolute Gasteiger partial charge is 0.333 e. The molecule has 0 N–H and O–H groups in total. The van der Waals surface area contributed by atoms with Gasteiger partial charge in [-0.2, -0.15) is 5.10 Å². The molecule has 2 heterocycles. The van der Waals surface area contributed by atoms with E-state index in [0.29, 0.717) is 16.5 Å². The maximum Gasteiger partial charge on any atom is 0.274 e. The Bertz CT molecular complexity index is 1200. The van der Waals surface area contributed by atoms with Crippen molar-refractivity contribution in [3.8, 4) is 0 Å². The second-order valence-electron chi connectivity index (χ2n) is 7.17. The fraction of sp³-hybridized carbons (Fsp3) is 0.167. The summed E-state index contributed by atoms with van der Waals surface area (Å²) in [5.74, 6) is -0.106. The third-order valence-electron chi connectivity index (χ3n) is 5.22. The molecule has 6 heteroatoms. The third kappa shape index (κ3) is 3.72. The van der Waals surface area contributed by atoms with Crippen molar-refractivity contribution in [2.45, 2.75) is 12.5 Å². The number of rotatable bonds is 5. The number of benzene rings is 2. The van der Waals surface area contributed by atoms with Crippen LogP contribution in [0, 0.1) is 0 Å². The van der Waals surface area contributed by atoms with Crippen LogP contribution < -0.4 is 5.56 Å². The first-order valence-electron chi connectivity index (χ1n) is 9.72. The summed E-state index contributed by atoms with van der Waals surface area (Å²) in [6.45, 7) is 0. The van der Waals surface area contributed by atoms with E-state index in [1.165, 1.54) is 4.68 Å². The summed E-state index contributed by atoms with van der Waals surface area (Å²) in [4.78, 5) is 31.9. The molecule has 30 heavy (non-hydrogen) atoms. The molecule has 2 aromatic heterocycles. The number of aryl methyl sites for hydroxylation is 1. The van der Waals surface area contributed by atoms with Gasteiger partial charge in [-0.25, -0.2) is 4.68 Å². The quantitative estimate of drug-likeness (QED) is 0.518. The molecule has 4 aromatic rings. The van der Waals surface area contributed by atoms with E-state index < -0.39 is 0 Å². The van der Waals surface area contributed by atoms with E-state index in [4.69, 9.17) is 0 Å². The number of hydrogen-bond donors (Lipinski definition) is 0. The van der Waals surface area contributed by atoms with E-state index in [1.54, 1.807) is 31.3 Å². The minimum atomic E-state index is -0.321. The minimum absolute atomic E-state index is 0.0846.